The molecule has 0 bridgehead atoms. The van der Waals surface area contributed by atoms with Crippen molar-refractivity contribution < 1.29 is 4.74 Å². The lowest BCUT2D eigenvalue weighted by molar-refractivity contribution is 0.298. The van der Waals surface area contributed by atoms with Crippen LogP contribution in [0.15, 0.2) is 12.1 Å². The number of nitrogens with zero attached hydrogens (tertiary/aromatic N) is 2. The highest BCUT2D eigenvalue weighted by atomic mass is 16.5. The van der Waals surface area contributed by atoms with E-state index in [0.29, 0.717) is 6.10 Å². The van der Waals surface area contributed by atoms with Crippen molar-refractivity contribution >= 4 is 5.82 Å². The second kappa shape index (κ2) is 4.09. The van der Waals surface area contributed by atoms with E-state index in [4.69, 9.17) is 4.74 Å². The van der Waals surface area contributed by atoms with Crippen molar-refractivity contribution in [3.63, 3.8) is 0 Å². The smallest absolute Gasteiger partial charge is 0.141 e. The van der Waals surface area contributed by atoms with Gasteiger partial charge in [0.2, 0.25) is 0 Å². The number of aromatic nitrogens is 1. The summed E-state index contributed by atoms with van der Waals surface area (Å²) in [4.78, 5) is 6.59. The van der Waals surface area contributed by atoms with Crippen LogP contribution in [0.4, 0.5) is 5.82 Å². The van der Waals surface area contributed by atoms with Crippen molar-refractivity contribution in [1.29, 1.82) is 0 Å². The Labute approximate surface area is 91.1 Å². The van der Waals surface area contributed by atoms with Crippen LogP contribution < -0.4 is 9.64 Å². The van der Waals surface area contributed by atoms with Crippen LogP contribution in [-0.4, -0.2) is 25.2 Å². The summed E-state index contributed by atoms with van der Waals surface area (Å²) in [7, 11) is 4.01. The lowest BCUT2D eigenvalue weighted by atomic mass is 10.2. The minimum Gasteiger partial charge on any atom is -0.489 e. The fourth-order valence-corrected chi connectivity index (χ4v) is 1.45. The Balaban J connectivity index is 2.21. The maximum Gasteiger partial charge on any atom is 0.141 e. The molecule has 0 amide bonds. The first-order valence-electron chi connectivity index (χ1n) is 5.54. The third kappa shape index (κ3) is 2.41. The molecule has 0 atom stereocenters. The Morgan fingerprint density at radius 1 is 1.40 bits per heavy atom. The molecule has 3 nitrogen and oxygen atoms in total. The molecule has 1 aromatic heterocycles. The van der Waals surface area contributed by atoms with Crippen LogP contribution in [0.5, 0.6) is 5.75 Å². The van der Waals surface area contributed by atoms with Crippen LogP contribution in [0.1, 0.15) is 25.5 Å². The highest BCUT2D eigenvalue weighted by Gasteiger charge is 2.24. The summed E-state index contributed by atoms with van der Waals surface area (Å²) >= 11 is 0. The number of hydrogen-bond donors (Lipinski definition) is 0. The molecule has 15 heavy (non-hydrogen) atoms. The van der Waals surface area contributed by atoms with Gasteiger partial charge in [0.15, 0.2) is 0 Å². The average Bonchev–Trinajstić information content (AvgIpc) is 3.02. The van der Waals surface area contributed by atoms with Crippen molar-refractivity contribution in [3.05, 3.63) is 17.8 Å². The maximum absolute atomic E-state index is 5.80. The van der Waals surface area contributed by atoms with E-state index in [9.17, 15) is 0 Å². The van der Waals surface area contributed by atoms with Gasteiger partial charge in [0.05, 0.1) is 11.8 Å². The monoisotopic (exact) mass is 206 g/mol. The highest BCUT2D eigenvalue weighted by molar-refractivity contribution is 5.43. The second-order valence-corrected chi connectivity index (χ2v) is 4.18. The molecule has 1 heterocycles. The number of ether oxygens (including phenoxy) is 1. The lowest BCUT2D eigenvalue weighted by Gasteiger charge is -2.15. The zero-order chi connectivity index (χ0) is 10.8. The summed E-state index contributed by atoms with van der Waals surface area (Å²) in [6.45, 7) is 2.11. The molecule has 2 rings (SSSR count). The van der Waals surface area contributed by atoms with Crippen molar-refractivity contribution in [1.82, 2.24) is 4.98 Å². The van der Waals surface area contributed by atoms with Gasteiger partial charge in [-0.3, -0.25) is 0 Å². The quantitative estimate of drug-likeness (QED) is 0.755. The highest BCUT2D eigenvalue weighted by Crippen LogP contribution is 2.29. The summed E-state index contributed by atoms with van der Waals surface area (Å²) in [5.41, 5.74) is 1.06. The minimum atomic E-state index is 0.447. The van der Waals surface area contributed by atoms with Gasteiger partial charge in [0.25, 0.3) is 0 Å². The molecule has 1 fully saturated rings. The second-order valence-electron chi connectivity index (χ2n) is 4.18. The molecule has 0 aromatic carbocycles. The third-order valence-corrected chi connectivity index (χ3v) is 2.53. The molecule has 82 valence electrons. The Bertz CT molecular complexity index is 345. The van der Waals surface area contributed by atoms with Crippen molar-refractivity contribution in [2.45, 2.75) is 32.3 Å². The van der Waals surface area contributed by atoms with Gasteiger partial charge in [-0.05, 0) is 31.4 Å². The molecule has 1 aliphatic rings. The molecular weight excluding hydrogens is 188 g/mol. The summed E-state index contributed by atoms with van der Waals surface area (Å²) < 4.78 is 5.80. The molecule has 0 aliphatic heterocycles. The van der Waals surface area contributed by atoms with Crippen molar-refractivity contribution in [3.8, 4) is 5.75 Å². The van der Waals surface area contributed by atoms with Crippen LogP contribution in [-0.2, 0) is 6.42 Å². The summed E-state index contributed by atoms with van der Waals surface area (Å²) in [6, 6.07) is 4.05. The van der Waals surface area contributed by atoms with Crippen molar-refractivity contribution in [2.75, 3.05) is 19.0 Å². The Morgan fingerprint density at radius 2 is 2.13 bits per heavy atom. The maximum atomic E-state index is 5.80. The molecule has 0 spiro atoms. The molecule has 1 aromatic rings. The molecule has 0 radical (unpaired) electrons. The predicted octanol–water partition coefficient (Wildman–Crippen LogP) is 2.25. The Kier molecular flexibility index (Phi) is 2.80. The lowest BCUT2D eigenvalue weighted by Crippen LogP contribution is -2.12. The van der Waals surface area contributed by atoms with Crippen LogP contribution in [0.25, 0.3) is 0 Å². The van der Waals surface area contributed by atoms with E-state index in [-0.39, 0.29) is 0 Å². The first-order valence-corrected chi connectivity index (χ1v) is 5.54. The molecule has 0 unspecified atom stereocenters. The van der Waals surface area contributed by atoms with Gasteiger partial charge < -0.3 is 9.64 Å². The van der Waals surface area contributed by atoms with Crippen LogP contribution in [0.3, 0.4) is 0 Å². The van der Waals surface area contributed by atoms with E-state index in [0.717, 1.165) is 23.7 Å². The minimum absolute atomic E-state index is 0.447. The number of hydrogen-bond acceptors (Lipinski definition) is 3. The molecule has 0 N–H and O–H groups in total. The zero-order valence-electron chi connectivity index (χ0n) is 9.66. The molecule has 0 saturated heterocycles. The fourth-order valence-electron chi connectivity index (χ4n) is 1.45. The Hall–Kier alpha value is -1.25. The molecule has 1 saturated carbocycles. The zero-order valence-corrected chi connectivity index (χ0v) is 9.66. The first-order chi connectivity index (χ1) is 7.20. The number of pyridine rings is 1. The van der Waals surface area contributed by atoms with Gasteiger partial charge in [0, 0.05) is 14.1 Å². The molecular formula is C12H18N2O. The normalized spacial score (nSPS) is 15.1. The van der Waals surface area contributed by atoms with Crippen LogP contribution in [0.2, 0.25) is 0 Å². The summed E-state index contributed by atoms with van der Waals surface area (Å²) in [5.74, 6) is 1.96. The third-order valence-electron chi connectivity index (χ3n) is 2.53. The van der Waals surface area contributed by atoms with Crippen molar-refractivity contribution in [2.24, 2.45) is 0 Å². The van der Waals surface area contributed by atoms with Gasteiger partial charge in [-0.1, -0.05) is 6.92 Å². The van der Waals surface area contributed by atoms with Gasteiger partial charge in [-0.15, -0.1) is 0 Å². The number of rotatable bonds is 4. The standard InChI is InChI=1S/C12H18N2O/c1-4-10-11(15-9-5-6-9)7-8-12(13-10)14(2)3/h7-9H,4-6H2,1-3H3. The van der Waals surface area contributed by atoms with E-state index in [1.165, 1.54) is 12.8 Å². The van der Waals surface area contributed by atoms with Gasteiger partial charge in [-0.25, -0.2) is 4.98 Å². The van der Waals surface area contributed by atoms with Crippen LogP contribution in [0, 0.1) is 0 Å². The fraction of sp³-hybridized carbons (Fsp3) is 0.583. The number of anilines is 1. The summed E-state index contributed by atoms with van der Waals surface area (Å²) in [6.07, 6.45) is 3.75. The molecule has 3 heteroatoms. The summed E-state index contributed by atoms with van der Waals surface area (Å²) in [5, 5.41) is 0. The van der Waals surface area contributed by atoms with E-state index < -0.39 is 0 Å². The average molecular weight is 206 g/mol. The number of aryl methyl sites for hydroxylation is 1. The first kappa shape index (κ1) is 10.3. The molecule has 1 aliphatic carbocycles. The van der Waals surface area contributed by atoms with Gasteiger partial charge in [-0.2, -0.15) is 0 Å². The van der Waals surface area contributed by atoms with Gasteiger partial charge in [0.1, 0.15) is 11.6 Å². The van der Waals surface area contributed by atoms with E-state index in [2.05, 4.69) is 11.9 Å². The predicted molar refractivity (Wildman–Crippen MR) is 61.6 cm³/mol. The van der Waals surface area contributed by atoms with Crippen LogP contribution >= 0.6 is 0 Å². The van der Waals surface area contributed by atoms with Gasteiger partial charge >= 0.3 is 0 Å². The Morgan fingerprint density at radius 3 is 2.67 bits per heavy atom. The van der Waals surface area contributed by atoms with E-state index in [1.807, 2.05) is 31.1 Å². The van der Waals surface area contributed by atoms with E-state index in [1.54, 1.807) is 0 Å². The largest absolute Gasteiger partial charge is 0.489 e. The topological polar surface area (TPSA) is 25.4 Å². The van der Waals surface area contributed by atoms with E-state index >= 15 is 0 Å². The SMILES string of the molecule is CCc1nc(N(C)C)ccc1OC1CC1.